The molecular weight excluding hydrogens is 236 g/mol. The zero-order valence-corrected chi connectivity index (χ0v) is 8.06. The van der Waals surface area contributed by atoms with Gasteiger partial charge in [-0.05, 0) is 10.7 Å². The molecule has 0 N–H and O–H groups in total. The lowest BCUT2D eigenvalue weighted by Crippen LogP contribution is -2.31. The highest BCUT2D eigenvalue weighted by Gasteiger charge is 2.08. The van der Waals surface area contributed by atoms with Crippen LogP contribution < -0.4 is 9.79 Å². The fourth-order valence-corrected chi connectivity index (χ4v) is 1.36. The first kappa shape index (κ1) is 8.25. The summed E-state index contributed by atoms with van der Waals surface area (Å²) in [5.74, 6) is -0.458. The fourth-order valence-electron chi connectivity index (χ4n) is 0.972. The third kappa shape index (κ3) is 1.70. The number of hydrogen-bond acceptors (Lipinski definition) is 3. The minimum Gasteiger partial charge on any atom is -0.539 e. The van der Waals surface area contributed by atoms with Crippen LogP contribution in [0.25, 0.3) is 5.69 Å². The quantitative estimate of drug-likeness (QED) is 0.693. The van der Waals surface area contributed by atoms with E-state index in [0.717, 1.165) is 10.2 Å². The van der Waals surface area contributed by atoms with E-state index in [0.29, 0.717) is 0 Å². The van der Waals surface area contributed by atoms with Gasteiger partial charge < -0.3 is 9.63 Å². The van der Waals surface area contributed by atoms with Crippen LogP contribution >= 0.6 is 15.9 Å². The third-order valence-corrected chi connectivity index (χ3v) is 2.01. The van der Waals surface area contributed by atoms with Gasteiger partial charge in [0.2, 0.25) is 11.9 Å². The van der Waals surface area contributed by atoms with Gasteiger partial charge in [0.1, 0.15) is 5.95 Å². The largest absolute Gasteiger partial charge is 0.539 e. The molecule has 0 aliphatic heterocycles. The maximum Gasteiger partial charge on any atom is 0.240 e. The van der Waals surface area contributed by atoms with Crippen molar-refractivity contribution in [3.8, 4) is 11.6 Å². The highest BCUT2D eigenvalue weighted by atomic mass is 79.9. The zero-order valence-electron chi connectivity index (χ0n) is 6.48. The van der Waals surface area contributed by atoms with Crippen LogP contribution in [-0.2, 0) is 0 Å². The summed E-state index contributed by atoms with van der Waals surface area (Å²) in [4.78, 5) is 0. The Labute approximate surface area is 82.5 Å². The Kier molecular flexibility index (Phi) is 2.02. The van der Waals surface area contributed by atoms with Gasteiger partial charge >= 0.3 is 0 Å². The molecule has 0 amide bonds. The minimum absolute atomic E-state index is 0.458. The molecule has 0 saturated carbocycles. The third-order valence-electron chi connectivity index (χ3n) is 1.52. The molecule has 0 unspecified atom stereocenters. The van der Waals surface area contributed by atoms with E-state index >= 15 is 0 Å². The summed E-state index contributed by atoms with van der Waals surface area (Å²) in [6.07, 6.45) is 1.28. The molecule has 0 spiro atoms. The molecule has 0 saturated heterocycles. The van der Waals surface area contributed by atoms with Gasteiger partial charge in [-0.2, -0.15) is 0 Å². The van der Waals surface area contributed by atoms with Gasteiger partial charge in [0, 0.05) is 16.6 Å². The van der Waals surface area contributed by atoms with Gasteiger partial charge in [0.15, 0.2) is 0 Å². The molecule has 0 bridgehead atoms. The molecule has 1 heterocycles. The molecule has 0 atom stereocenters. The first-order valence-corrected chi connectivity index (χ1v) is 4.36. The summed E-state index contributed by atoms with van der Waals surface area (Å²) in [6, 6.07) is 7.41. The number of nitrogens with zero attached hydrogens (tertiary/aromatic N) is 2. The number of benzene rings is 1. The van der Waals surface area contributed by atoms with Crippen molar-refractivity contribution in [3.05, 3.63) is 34.9 Å². The predicted molar refractivity (Wildman–Crippen MR) is 45.2 cm³/mol. The molecular formula is C8H5BrN2O2. The molecule has 0 aliphatic carbocycles. The molecule has 4 nitrogen and oxygen atoms in total. The van der Waals surface area contributed by atoms with Crippen molar-refractivity contribution in [1.29, 1.82) is 0 Å². The maximum absolute atomic E-state index is 10.7. The van der Waals surface area contributed by atoms with E-state index in [2.05, 4.69) is 25.7 Å². The summed E-state index contributed by atoms with van der Waals surface area (Å²) in [6.45, 7) is 0. The summed E-state index contributed by atoms with van der Waals surface area (Å²) in [5, 5.41) is 14.2. The molecule has 5 heteroatoms. The van der Waals surface area contributed by atoms with E-state index in [9.17, 15) is 5.11 Å². The van der Waals surface area contributed by atoms with Crippen LogP contribution in [0.2, 0.25) is 0 Å². The summed E-state index contributed by atoms with van der Waals surface area (Å²) >= 11 is 3.32. The Morgan fingerprint density at radius 2 is 2.31 bits per heavy atom. The molecule has 13 heavy (non-hydrogen) atoms. The topological polar surface area (TPSA) is 53.0 Å². The van der Waals surface area contributed by atoms with E-state index in [1.807, 2.05) is 24.3 Å². The average molecular weight is 241 g/mol. The van der Waals surface area contributed by atoms with Crippen LogP contribution in [0.4, 0.5) is 0 Å². The SMILES string of the molecule is [O-]c1c[n+](-c2cccc(Br)c2)no1. The number of aromatic nitrogens is 2. The van der Waals surface area contributed by atoms with Gasteiger partial charge in [0.05, 0.1) is 5.27 Å². The van der Waals surface area contributed by atoms with Crippen molar-refractivity contribution in [2.45, 2.75) is 0 Å². The number of halogens is 1. The lowest BCUT2D eigenvalue weighted by Gasteiger charge is -1.89. The number of hydrogen-bond donors (Lipinski definition) is 0. The van der Waals surface area contributed by atoms with Gasteiger partial charge in [0.25, 0.3) is 0 Å². The van der Waals surface area contributed by atoms with Gasteiger partial charge in [-0.15, -0.1) is 0 Å². The second-order valence-electron chi connectivity index (χ2n) is 2.45. The maximum atomic E-state index is 10.7. The first-order valence-electron chi connectivity index (χ1n) is 3.57. The lowest BCUT2D eigenvalue weighted by molar-refractivity contribution is -0.670. The standard InChI is InChI=1S/C8H5BrN2O2/c9-6-2-1-3-7(4-6)11-5-8(12)13-10-11/h1-5H. The zero-order chi connectivity index (χ0) is 9.26. The van der Waals surface area contributed by atoms with E-state index in [1.165, 1.54) is 10.9 Å². The Hall–Kier alpha value is -1.36. The summed E-state index contributed by atoms with van der Waals surface area (Å²) < 4.78 is 6.71. The van der Waals surface area contributed by atoms with Gasteiger partial charge in [-0.3, -0.25) is 0 Å². The molecule has 1 aromatic heterocycles. The van der Waals surface area contributed by atoms with Crippen molar-refractivity contribution in [2.24, 2.45) is 0 Å². The first-order chi connectivity index (χ1) is 6.25. The van der Waals surface area contributed by atoms with E-state index in [1.54, 1.807) is 0 Å². The van der Waals surface area contributed by atoms with Gasteiger partial charge in [-0.1, -0.05) is 22.0 Å². The van der Waals surface area contributed by atoms with Crippen LogP contribution in [0.1, 0.15) is 0 Å². The van der Waals surface area contributed by atoms with Crippen LogP contribution in [0.5, 0.6) is 5.95 Å². The number of rotatable bonds is 1. The molecule has 2 rings (SSSR count). The highest BCUT2D eigenvalue weighted by molar-refractivity contribution is 9.10. The second-order valence-corrected chi connectivity index (χ2v) is 3.36. The van der Waals surface area contributed by atoms with E-state index < -0.39 is 5.95 Å². The lowest BCUT2D eigenvalue weighted by atomic mass is 10.3. The van der Waals surface area contributed by atoms with Crippen LogP contribution in [0, 0.1) is 0 Å². The molecule has 2 aromatic rings. The molecule has 0 radical (unpaired) electrons. The monoisotopic (exact) mass is 240 g/mol. The van der Waals surface area contributed by atoms with E-state index in [4.69, 9.17) is 0 Å². The Bertz CT molecular complexity index is 428. The van der Waals surface area contributed by atoms with Crippen molar-refractivity contribution in [2.75, 3.05) is 0 Å². The molecule has 0 aliphatic rings. The Morgan fingerprint density at radius 1 is 1.46 bits per heavy atom. The van der Waals surface area contributed by atoms with E-state index in [-0.39, 0.29) is 0 Å². The Morgan fingerprint density at radius 3 is 2.92 bits per heavy atom. The predicted octanol–water partition coefficient (Wildman–Crippen LogP) is 0.787. The fraction of sp³-hybridized carbons (Fsp3) is 0. The molecule has 1 aromatic carbocycles. The molecule has 0 fully saturated rings. The van der Waals surface area contributed by atoms with Crippen LogP contribution in [0.3, 0.4) is 0 Å². The Balaban J connectivity index is 2.46. The van der Waals surface area contributed by atoms with Crippen molar-refractivity contribution >= 4 is 15.9 Å². The summed E-state index contributed by atoms with van der Waals surface area (Å²) in [5.41, 5.74) is 0.778. The normalized spacial score (nSPS) is 10.2. The minimum atomic E-state index is -0.458. The van der Waals surface area contributed by atoms with Crippen LogP contribution in [-0.4, -0.2) is 5.27 Å². The van der Waals surface area contributed by atoms with Crippen LogP contribution in [0.15, 0.2) is 39.5 Å². The smallest absolute Gasteiger partial charge is 0.240 e. The molecule has 66 valence electrons. The average Bonchev–Trinajstić information content (AvgIpc) is 2.52. The second kappa shape index (κ2) is 3.18. The summed E-state index contributed by atoms with van der Waals surface area (Å²) in [7, 11) is 0. The van der Waals surface area contributed by atoms with Crippen molar-refractivity contribution in [3.63, 3.8) is 0 Å². The highest BCUT2D eigenvalue weighted by Crippen LogP contribution is 2.11. The van der Waals surface area contributed by atoms with Crippen molar-refractivity contribution < 1.29 is 14.3 Å². The van der Waals surface area contributed by atoms with Gasteiger partial charge in [-0.25, -0.2) is 0 Å². The van der Waals surface area contributed by atoms with Crippen molar-refractivity contribution in [1.82, 2.24) is 5.27 Å².